The monoisotopic (exact) mass is 561 g/mol. The Hall–Kier alpha value is -2.28. The molecule has 0 radical (unpaired) electrons. The van der Waals surface area contributed by atoms with Gasteiger partial charge in [-0.3, -0.25) is 4.79 Å². The van der Waals surface area contributed by atoms with Gasteiger partial charge in [0.05, 0.1) is 22.5 Å². The average molecular weight is 563 g/mol. The Balaban J connectivity index is 0.00000247. The molecule has 0 aliphatic heterocycles. The Morgan fingerprint density at radius 2 is 2.03 bits per heavy atom. The normalized spacial score (nSPS) is 16.9. The molecule has 2 aromatic rings. The Bertz CT molecular complexity index is 1120. The number of nitrogens with one attached hydrogen (secondary N) is 3. The van der Waals surface area contributed by atoms with Crippen molar-refractivity contribution < 1.29 is 4.79 Å². The standard InChI is InChI=1S/C28H39Cl2N5O.C2H6/c1-6-22(14-15-31-5)35(7-2)28(36)23-11-8-20(9-12-24(23)30)16-18(3)32-19(4)27-33-25-13-10-21(29)17-26(25)34-27;1-2/h8,10-11,13,17,19,22,24,31-32H,3,6-7,9,12,14-16H2,1-2,4-5H3,(H,33,34);1-2H3. The first-order valence-electron chi connectivity index (χ1n) is 13.9. The maximum absolute atomic E-state index is 13.5. The number of imidazole rings is 1. The SMILES string of the molecule is C=C(CC1=CC=C(C(=O)N(CC)C(CC)CCNC)C(Cl)CC1)NC(C)c1nc2ccc(Cl)cc2[nH]1.CC. The highest BCUT2D eigenvalue weighted by Gasteiger charge is 2.28. The van der Waals surface area contributed by atoms with Crippen LogP contribution in [0.25, 0.3) is 11.0 Å². The molecule has 0 saturated carbocycles. The van der Waals surface area contributed by atoms with Crippen molar-refractivity contribution in [1.29, 1.82) is 0 Å². The number of benzene rings is 1. The van der Waals surface area contributed by atoms with Crippen LogP contribution in [-0.4, -0.2) is 52.3 Å². The van der Waals surface area contributed by atoms with Crippen LogP contribution < -0.4 is 10.6 Å². The Morgan fingerprint density at radius 3 is 2.68 bits per heavy atom. The lowest BCUT2D eigenvalue weighted by molar-refractivity contribution is -0.129. The zero-order valence-corrected chi connectivity index (χ0v) is 25.3. The van der Waals surface area contributed by atoms with Crippen LogP contribution in [0.4, 0.5) is 0 Å². The predicted octanol–water partition coefficient (Wildman–Crippen LogP) is 7.29. The zero-order chi connectivity index (χ0) is 28.2. The van der Waals surface area contributed by atoms with Gasteiger partial charge in [-0.15, -0.1) is 11.6 Å². The number of allylic oxidation sites excluding steroid dienone is 3. The van der Waals surface area contributed by atoms with E-state index in [0.29, 0.717) is 23.6 Å². The third-order valence-corrected chi connectivity index (χ3v) is 7.46. The molecule has 1 heterocycles. The number of aromatic nitrogens is 2. The summed E-state index contributed by atoms with van der Waals surface area (Å²) in [5.41, 5.74) is 4.58. The molecule has 1 aliphatic carbocycles. The van der Waals surface area contributed by atoms with Crippen LogP contribution in [0.1, 0.15) is 78.6 Å². The van der Waals surface area contributed by atoms with Gasteiger partial charge < -0.3 is 20.5 Å². The number of halogens is 2. The van der Waals surface area contributed by atoms with E-state index in [4.69, 9.17) is 23.2 Å². The fourth-order valence-electron chi connectivity index (χ4n) is 4.75. The molecule has 0 bridgehead atoms. The van der Waals surface area contributed by atoms with Crippen molar-refractivity contribution in [3.05, 3.63) is 64.6 Å². The number of aromatic amines is 1. The minimum Gasteiger partial charge on any atom is -0.379 e. The molecule has 6 nitrogen and oxygen atoms in total. The Morgan fingerprint density at radius 1 is 1.29 bits per heavy atom. The second-order valence-electron chi connectivity index (χ2n) is 9.43. The van der Waals surface area contributed by atoms with Gasteiger partial charge in [0.15, 0.2) is 0 Å². The molecule has 0 fully saturated rings. The van der Waals surface area contributed by atoms with Crippen molar-refractivity contribution in [2.24, 2.45) is 0 Å². The third kappa shape index (κ3) is 8.62. The van der Waals surface area contributed by atoms with Gasteiger partial charge in [-0.2, -0.15) is 0 Å². The summed E-state index contributed by atoms with van der Waals surface area (Å²) in [4.78, 5) is 23.4. The quantitative estimate of drug-likeness (QED) is 0.238. The average Bonchev–Trinajstić information content (AvgIpc) is 3.25. The number of rotatable bonds is 12. The van der Waals surface area contributed by atoms with Gasteiger partial charge >= 0.3 is 0 Å². The fourth-order valence-corrected chi connectivity index (χ4v) is 5.19. The summed E-state index contributed by atoms with van der Waals surface area (Å²) in [6, 6.07) is 5.79. The van der Waals surface area contributed by atoms with Gasteiger partial charge in [-0.25, -0.2) is 4.98 Å². The van der Waals surface area contributed by atoms with E-state index in [1.54, 1.807) is 0 Å². The first-order chi connectivity index (χ1) is 18.3. The largest absolute Gasteiger partial charge is 0.379 e. The van der Waals surface area contributed by atoms with Gasteiger partial charge in [0.2, 0.25) is 0 Å². The molecule has 1 amide bonds. The minimum atomic E-state index is -0.301. The third-order valence-electron chi connectivity index (χ3n) is 6.78. The smallest absolute Gasteiger partial charge is 0.251 e. The molecule has 0 saturated heterocycles. The number of hydrogen-bond donors (Lipinski definition) is 3. The van der Waals surface area contributed by atoms with E-state index < -0.39 is 0 Å². The van der Waals surface area contributed by atoms with E-state index in [2.05, 4.69) is 47.1 Å². The van der Waals surface area contributed by atoms with Crippen LogP contribution >= 0.6 is 23.2 Å². The molecule has 1 aromatic heterocycles. The summed E-state index contributed by atoms with van der Waals surface area (Å²) in [6.07, 6.45) is 8.07. The van der Waals surface area contributed by atoms with Crippen LogP contribution in [0.3, 0.4) is 0 Å². The van der Waals surface area contributed by atoms with Crippen LogP contribution in [0.2, 0.25) is 5.02 Å². The number of amides is 1. The molecule has 1 aliphatic rings. The van der Waals surface area contributed by atoms with E-state index in [1.165, 1.54) is 5.57 Å². The highest BCUT2D eigenvalue weighted by atomic mass is 35.5. The number of carbonyl (C=O) groups excluding carboxylic acids is 1. The van der Waals surface area contributed by atoms with Crippen molar-refractivity contribution in [3.63, 3.8) is 0 Å². The van der Waals surface area contributed by atoms with Crippen LogP contribution in [0.15, 0.2) is 53.8 Å². The first kappa shape index (κ1) is 31.9. The van der Waals surface area contributed by atoms with Crippen molar-refractivity contribution in [1.82, 2.24) is 25.5 Å². The van der Waals surface area contributed by atoms with Gasteiger partial charge in [0.1, 0.15) is 5.82 Å². The number of hydrogen-bond acceptors (Lipinski definition) is 4. The Kier molecular flexibility index (Phi) is 13.4. The van der Waals surface area contributed by atoms with E-state index in [-0.39, 0.29) is 23.4 Å². The first-order valence-corrected chi connectivity index (χ1v) is 14.7. The van der Waals surface area contributed by atoms with Gasteiger partial charge in [-0.1, -0.05) is 56.7 Å². The van der Waals surface area contributed by atoms with Crippen molar-refractivity contribution in [3.8, 4) is 0 Å². The van der Waals surface area contributed by atoms with E-state index in [1.807, 2.05) is 57.0 Å². The maximum Gasteiger partial charge on any atom is 0.251 e. The molecule has 3 N–H and O–H groups in total. The minimum absolute atomic E-state index is 0.0368. The van der Waals surface area contributed by atoms with Crippen LogP contribution in [0, 0.1) is 0 Å². The molecule has 3 unspecified atom stereocenters. The van der Waals surface area contributed by atoms with Gasteiger partial charge in [-0.05, 0) is 71.3 Å². The molecule has 210 valence electrons. The number of likely N-dealkylation sites (N-methyl/N-ethyl adjacent to an activating group) is 1. The molecule has 8 heteroatoms. The summed E-state index contributed by atoms with van der Waals surface area (Å²) < 4.78 is 0. The molecule has 38 heavy (non-hydrogen) atoms. The zero-order valence-electron chi connectivity index (χ0n) is 23.8. The van der Waals surface area contributed by atoms with Gasteiger partial charge in [0, 0.05) is 35.3 Å². The van der Waals surface area contributed by atoms with E-state index in [0.717, 1.165) is 54.8 Å². The number of H-pyrrole nitrogens is 1. The fraction of sp³-hybridized carbons (Fsp3) is 0.533. The van der Waals surface area contributed by atoms with Gasteiger partial charge in [0.25, 0.3) is 5.91 Å². The highest BCUT2D eigenvalue weighted by molar-refractivity contribution is 6.31. The second kappa shape index (κ2) is 16.0. The van der Waals surface area contributed by atoms with Crippen LogP contribution in [-0.2, 0) is 4.79 Å². The Labute approximate surface area is 238 Å². The topological polar surface area (TPSA) is 73.1 Å². The lowest BCUT2D eigenvalue weighted by atomic mass is 10.0. The summed E-state index contributed by atoms with van der Waals surface area (Å²) >= 11 is 12.8. The molecule has 3 rings (SSSR count). The van der Waals surface area contributed by atoms with Crippen molar-refractivity contribution in [2.45, 2.75) is 84.2 Å². The summed E-state index contributed by atoms with van der Waals surface area (Å²) in [5, 5.41) is 7.03. The lowest BCUT2D eigenvalue weighted by Crippen LogP contribution is -2.43. The maximum atomic E-state index is 13.5. The summed E-state index contributed by atoms with van der Waals surface area (Å²) in [5.74, 6) is 0.883. The van der Waals surface area contributed by atoms with E-state index in [9.17, 15) is 4.79 Å². The summed E-state index contributed by atoms with van der Waals surface area (Å²) in [6.45, 7) is 16.0. The van der Waals surface area contributed by atoms with Crippen molar-refractivity contribution >= 4 is 40.1 Å². The molecular weight excluding hydrogens is 517 g/mol. The summed E-state index contributed by atoms with van der Waals surface area (Å²) in [7, 11) is 1.94. The molecular formula is C30H45Cl2N5O. The lowest BCUT2D eigenvalue weighted by Gasteiger charge is -2.32. The molecule has 1 aromatic carbocycles. The van der Waals surface area contributed by atoms with E-state index >= 15 is 0 Å². The number of nitrogens with zero attached hydrogens (tertiary/aromatic N) is 2. The highest BCUT2D eigenvalue weighted by Crippen LogP contribution is 2.29. The molecule has 3 atom stereocenters. The predicted molar refractivity (Wildman–Crippen MR) is 163 cm³/mol. The molecule has 0 spiro atoms. The van der Waals surface area contributed by atoms with Crippen molar-refractivity contribution in [2.75, 3.05) is 20.1 Å². The second-order valence-corrected chi connectivity index (χ2v) is 10.4. The number of carbonyl (C=O) groups is 1. The number of alkyl halides is 1. The number of fused-ring (bicyclic) bond motifs is 1. The van der Waals surface area contributed by atoms with Crippen LogP contribution in [0.5, 0.6) is 0 Å².